The van der Waals surface area contributed by atoms with E-state index < -0.39 is 5.60 Å². The molecule has 0 aliphatic carbocycles. The number of rotatable bonds is 9. The zero-order valence-electron chi connectivity index (χ0n) is 12.1. The lowest BCUT2D eigenvalue weighted by Gasteiger charge is -2.27. The Kier molecular flexibility index (Phi) is 6.11. The molecular weight excluding hydrogens is 248 g/mol. The lowest BCUT2D eigenvalue weighted by molar-refractivity contribution is -0.122. The predicted octanol–water partition coefficient (Wildman–Crippen LogP) is 1.88. The van der Waals surface area contributed by atoms with Crippen LogP contribution in [0.3, 0.4) is 0 Å². The fourth-order valence-electron chi connectivity index (χ4n) is 2.00. The topological polar surface area (TPSA) is 74.5 Å². The molecule has 0 fully saturated rings. The zero-order valence-corrected chi connectivity index (χ0v) is 12.1. The van der Waals surface area contributed by atoms with Crippen molar-refractivity contribution in [2.24, 2.45) is 0 Å². The number of Topliss-reactive ketones (excluding diaryl/α,β-unsaturated/α-hetero) is 1. The van der Waals surface area contributed by atoms with Gasteiger partial charge in [0, 0.05) is 13.7 Å². The van der Waals surface area contributed by atoms with Gasteiger partial charge in [0.25, 0.3) is 0 Å². The SMILES string of the molecule is CCOC(CC)(CC)c1noc(CC(=O)COC)n1. The van der Waals surface area contributed by atoms with Gasteiger partial charge in [0.1, 0.15) is 12.2 Å². The van der Waals surface area contributed by atoms with E-state index >= 15 is 0 Å². The van der Waals surface area contributed by atoms with Crippen molar-refractivity contribution in [1.82, 2.24) is 10.1 Å². The second-order valence-corrected chi connectivity index (χ2v) is 4.29. The van der Waals surface area contributed by atoms with Gasteiger partial charge in [-0.2, -0.15) is 4.98 Å². The lowest BCUT2D eigenvalue weighted by atomic mass is 9.96. The molecule has 0 saturated carbocycles. The van der Waals surface area contributed by atoms with E-state index in [9.17, 15) is 4.79 Å². The molecule has 1 heterocycles. The molecule has 0 spiro atoms. The molecular formula is C13H22N2O4. The zero-order chi connectivity index (χ0) is 14.3. The van der Waals surface area contributed by atoms with Crippen LogP contribution < -0.4 is 0 Å². The number of ketones is 1. The molecule has 1 aromatic rings. The molecule has 1 rings (SSSR count). The third-order valence-corrected chi connectivity index (χ3v) is 3.09. The third-order valence-electron chi connectivity index (χ3n) is 3.09. The number of hydrogen-bond donors (Lipinski definition) is 0. The van der Waals surface area contributed by atoms with E-state index in [1.54, 1.807) is 0 Å². The molecule has 0 radical (unpaired) electrons. The monoisotopic (exact) mass is 270 g/mol. The number of nitrogens with zero attached hydrogens (tertiary/aromatic N) is 2. The van der Waals surface area contributed by atoms with E-state index in [0.717, 1.165) is 12.8 Å². The maximum atomic E-state index is 11.5. The van der Waals surface area contributed by atoms with E-state index in [2.05, 4.69) is 10.1 Å². The number of carbonyl (C=O) groups excluding carboxylic acids is 1. The van der Waals surface area contributed by atoms with Crippen LogP contribution in [0.15, 0.2) is 4.52 Å². The summed E-state index contributed by atoms with van der Waals surface area (Å²) >= 11 is 0. The summed E-state index contributed by atoms with van der Waals surface area (Å²) in [6, 6.07) is 0. The number of methoxy groups -OCH3 is 1. The minimum absolute atomic E-state index is 0.0515. The molecule has 19 heavy (non-hydrogen) atoms. The maximum absolute atomic E-state index is 11.5. The predicted molar refractivity (Wildman–Crippen MR) is 68.8 cm³/mol. The van der Waals surface area contributed by atoms with Crippen molar-refractivity contribution in [3.05, 3.63) is 11.7 Å². The Balaban J connectivity index is 2.84. The molecule has 0 N–H and O–H groups in total. The normalized spacial score (nSPS) is 11.8. The Labute approximate surface area is 113 Å². The summed E-state index contributed by atoms with van der Waals surface area (Å²) in [7, 11) is 1.48. The van der Waals surface area contributed by atoms with Gasteiger partial charge >= 0.3 is 0 Å². The minimum Gasteiger partial charge on any atom is -0.377 e. The first-order chi connectivity index (χ1) is 9.11. The molecule has 108 valence electrons. The Hall–Kier alpha value is -1.27. The van der Waals surface area contributed by atoms with E-state index in [1.807, 2.05) is 20.8 Å². The fraction of sp³-hybridized carbons (Fsp3) is 0.769. The van der Waals surface area contributed by atoms with Crippen molar-refractivity contribution in [3.8, 4) is 0 Å². The Bertz CT molecular complexity index is 399. The van der Waals surface area contributed by atoms with Crippen LogP contribution in [-0.2, 0) is 26.3 Å². The third kappa shape index (κ3) is 3.84. The summed E-state index contributed by atoms with van der Waals surface area (Å²) in [6.07, 6.45) is 1.60. The van der Waals surface area contributed by atoms with Gasteiger partial charge in [0.05, 0.1) is 6.42 Å². The van der Waals surface area contributed by atoms with Gasteiger partial charge in [-0.05, 0) is 19.8 Å². The fourth-order valence-corrected chi connectivity index (χ4v) is 2.00. The quantitative estimate of drug-likeness (QED) is 0.682. The summed E-state index contributed by atoms with van der Waals surface area (Å²) in [6.45, 7) is 6.60. The van der Waals surface area contributed by atoms with E-state index in [1.165, 1.54) is 7.11 Å². The molecule has 6 nitrogen and oxygen atoms in total. The molecule has 6 heteroatoms. The van der Waals surface area contributed by atoms with Crippen LogP contribution in [0.1, 0.15) is 45.3 Å². The minimum atomic E-state index is -0.527. The van der Waals surface area contributed by atoms with Crippen LogP contribution in [0, 0.1) is 0 Å². The Morgan fingerprint density at radius 2 is 2.00 bits per heavy atom. The molecule has 1 aromatic heterocycles. The summed E-state index contributed by atoms with van der Waals surface area (Å²) in [4.78, 5) is 15.7. The molecule has 0 aliphatic rings. The Morgan fingerprint density at radius 1 is 1.32 bits per heavy atom. The van der Waals surface area contributed by atoms with Crippen molar-refractivity contribution < 1.29 is 18.8 Å². The van der Waals surface area contributed by atoms with Gasteiger partial charge in [-0.25, -0.2) is 0 Å². The molecule has 0 aromatic carbocycles. The molecule has 0 atom stereocenters. The second kappa shape index (κ2) is 7.35. The van der Waals surface area contributed by atoms with Gasteiger partial charge in [0.15, 0.2) is 5.78 Å². The smallest absolute Gasteiger partial charge is 0.234 e. The summed E-state index contributed by atoms with van der Waals surface area (Å²) in [5, 5.41) is 3.96. The van der Waals surface area contributed by atoms with E-state index in [-0.39, 0.29) is 18.8 Å². The average molecular weight is 270 g/mol. The van der Waals surface area contributed by atoms with Crippen molar-refractivity contribution >= 4 is 5.78 Å². The van der Waals surface area contributed by atoms with Crippen LogP contribution in [-0.4, -0.2) is 36.2 Å². The first-order valence-corrected chi connectivity index (χ1v) is 6.59. The number of carbonyl (C=O) groups is 1. The van der Waals surface area contributed by atoms with Crippen LogP contribution in [0.2, 0.25) is 0 Å². The number of hydrogen-bond acceptors (Lipinski definition) is 6. The molecule has 0 aliphatic heterocycles. The van der Waals surface area contributed by atoms with E-state index in [4.69, 9.17) is 14.0 Å². The van der Waals surface area contributed by atoms with Crippen LogP contribution in [0.4, 0.5) is 0 Å². The summed E-state index contributed by atoms with van der Waals surface area (Å²) in [5.74, 6) is 0.732. The van der Waals surface area contributed by atoms with Crippen LogP contribution in [0.25, 0.3) is 0 Å². The lowest BCUT2D eigenvalue weighted by Crippen LogP contribution is -2.29. The van der Waals surface area contributed by atoms with Gasteiger partial charge in [0.2, 0.25) is 11.7 Å². The first-order valence-electron chi connectivity index (χ1n) is 6.59. The van der Waals surface area contributed by atoms with Crippen molar-refractivity contribution in [2.45, 2.75) is 45.6 Å². The van der Waals surface area contributed by atoms with Crippen molar-refractivity contribution in [1.29, 1.82) is 0 Å². The summed E-state index contributed by atoms with van der Waals surface area (Å²) in [5.41, 5.74) is -0.527. The van der Waals surface area contributed by atoms with Crippen molar-refractivity contribution in [3.63, 3.8) is 0 Å². The second-order valence-electron chi connectivity index (χ2n) is 4.29. The molecule has 0 saturated heterocycles. The average Bonchev–Trinajstić information content (AvgIpc) is 2.85. The highest BCUT2D eigenvalue weighted by Gasteiger charge is 2.34. The highest BCUT2D eigenvalue weighted by atomic mass is 16.5. The van der Waals surface area contributed by atoms with Crippen LogP contribution in [0.5, 0.6) is 0 Å². The molecule has 0 unspecified atom stereocenters. The standard InChI is InChI=1S/C13H22N2O4/c1-5-13(6-2,18-7-3)12-14-11(19-15-12)8-10(16)9-17-4/h5-9H2,1-4H3. The number of aromatic nitrogens is 2. The highest BCUT2D eigenvalue weighted by Crippen LogP contribution is 2.30. The maximum Gasteiger partial charge on any atom is 0.234 e. The van der Waals surface area contributed by atoms with Gasteiger partial charge in [-0.1, -0.05) is 19.0 Å². The van der Waals surface area contributed by atoms with Gasteiger partial charge < -0.3 is 14.0 Å². The molecule has 0 bridgehead atoms. The van der Waals surface area contributed by atoms with E-state index in [0.29, 0.717) is 18.3 Å². The van der Waals surface area contributed by atoms with Gasteiger partial charge in [-0.3, -0.25) is 4.79 Å². The van der Waals surface area contributed by atoms with Crippen LogP contribution >= 0.6 is 0 Å². The number of ether oxygens (including phenoxy) is 2. The first kappa shape index (κ1) is 15.8. The van der Waals surface area contributed by atoms with Crippen molar-refractivity contribution in [2.75, 3.05) is 20.3 Å². The largest absolute Gasteiger partial charge is 0.377 e. The molecule has 0 amide bonds. The highest BCUT2D eigenvalue weighted by molar-refractivity contribution is 5.81. The van der Waals surface area contributed by atoms with Gasteiger partial charge in [-0.15, -0.1) is 0 Å². The Morgan fingerprint density at radius 3 is 2.53 bits per heavy atom. The summed E-state index contributed by atoms with van der Waals surface area (Å²) < 4.78 is 15.7.